The molecule has 2 aromatic carbocycles. The van der Waals surface area contributed by atoms with Gasteiger partial charge in [0.1, 0.15) is 11.3 Å². The molecule has 0 aliphatic carbocycles. The Morgan fingerprint density at radius 1 is 1.10 bits per heavy atom. The van der Waals surface area contributed by atoms with Crippen LogP contribution in [0.5, 0.6) is 23.0 Å². The molecule has 0 spiro atoms. The Hall–Kier alpha value is -3.24. The lowest BCUT2D eigenvalue weighted by Crippen LogP contribution is -2.27. The molecule has 1 fully saturated rings. The highest BCUT2D eigenvalue weighted by Gasteiger charge is 2.34. The number of carbonyl (C=O) groups excluding carboxylic acids is 1. The molecule has 156 valence electrons. The van der Waals surface area contributed by atoms with Crippen LogP contribution in [0.25, 0.3) is 6.08 Å². The molecule has 0 unspecified atom stereocenters. The van der Waals surface area contributed by atoms with Gasteiger partial charge in [-0.25, -0.2) is 4.79 Å². The summed E-state index contributed by atoms with van der Waals surface area (Å²) in [5, 5.41) is 18.9. The fourth-order valence-electron chi connectivity index (χ4n) is 2.86. The zero-order valence-corrected chi connectivity index (χ0v) is 17.8. The molecule has 1 amide bonds. The monoisotopic (exact) mass is 447 g/mol. The predicted molar refractivity (Wildman–Crippen MR) is 117 cm³/mol. The van der Waals surface area contributed by atoms with E-state index in [1.54, 1.807) is 18.2 Å². The summed E-state index contributed by atoms with van der Waals surface area (Å²) in [5.41, 5.74) is 0.554. The van der Waals surface area contributed by atoms with Crippen molar-refractivity contribution in [3.63, 3.8) is 0 Å². The van der Waals surface area contributed by atoms with Crippen LogP contribution in [0.2, 0.25) is 0 Å². The first-order chi connectivity index (χ1) is 14.3. The molecule has 2 N–H and O–H groups in total. The fourth-order valence-corrected chi connectivity index (χ4v) is 4.16. The van der Waals surface area contributed by atoms with E-state index in [1.165, 1.54) is 44.4 Å². The first-order valence-corrected chi connectivity index (χ1v) is 9.67. The van der Waals surface area contributed by atoms with Crippen molar-refractivity contribution in [2.45, 2.75) is 0 Å². The lowest BCUT2D eigenvalue weighted by molar-refractivity contribution is -0.113. The molecule has 30 heavy (non-hydrogen) atoms. The number of phenols is 1. The van der Waals surface area contributed by atoms with Crippen LogP contribution in [0.4, 0.5) is 5.69 Å². The summed E-state index contributed by atoms with van der Waals surface area (Å²) < 4.78 is 16.2. The third-order valence-electron chi connectivity index (χ3n) is 4.25. The number of ether oxygens (including phenoxy) is 3. The lowest BCUT2D eigenvalue weighted by atomic mass is 10.1. The van der Waals surface area contributed by atoms with Gasteiger partial charge in [0.25, 0.3) is 5.91 Å². The molecule has 0 aromatic heterocycles. The summed E-state index contributed by atoms with van der Waals surface area (Å²) in [6, 6.07) is 7.22. The van der Waals surface area contributed by atoms with Crippen molar-refractivity contribution >= 4 is 51.9 Å². The molecular weight excluding hydrogens is 430 g/mol. The molecule has 0 saturated carbocycles. The van der Waals surface area contributed by atoms with E-state index in [1.807, 2.05) is 0 Å². The second-order valence-corrected chi connectivity index (χ2v) is 7.66. The Bertz CT molecular complexity index is 1060. The second-order valence-electron chi connectivity index (χ2n) is 5.98. The number of hydrogen-bond donors (Lipinski definition) is 2. The van der Waals surface area contributed by atoms with Gasteiger partial charge in [-0.2, -0.15) is 0 Å². The molecule has 0 radical (unpaired) electrons. The standard InChI is InChI=1S/C20H17NO7S2/c1-26-14-6-10(7-15(27-2)17(14)28-3)8-16-18(23)21(20(29)30-16)11-4-5-13(22)12(9-11)19(24)25/h4-9,22H,1-3H3,(H,24,25)/b16-8+. The van der Waals surface area contributed by atoms with Crippen molar-refractivity contribution in [1.82, 2.24) is 0 Å². The number of thioether (sulfide) groups is 1. The van der Waals surface area contributed by atoms with Crippen molar-refractivity contribution in [2.24, 2.45) is 0 Å². The molecule has 1 saturated heterocycles. The van der Waals surface area contributed by atoms with Crippen LogP contribution in [0.1, 0.15) is 15.9 Å². The second kappa shape index (κ2) is 8.64. The number of amides is 1. The van der Waals surface area contributed by atoms with Crippen LogP contribution >= 0.6 is 24.0 Å². The molecule has 1 aliphatic rings. The number of aromatic hydroxyl groups is 1. The number of rotatable bonds is 6. The van der Waals surface area contributed by atoms with Gasteiger partial charge in [-0.1, -0.05) is 24.0 Å². The summed E-state index contributed by atoms with van der Waals surface area (Å²) >= 11 is 6.39. The Morgan fingerprint density at radius 3 is 2.27 bits per heavy atom. The van der Waals surface area contributed by atoms with Gasteiger partial charge in [0.15, 0.2) is 15.8 Å². The van der Waals surface area contributed by atoms with Gasteiger partial charge >= 0.3 is 5.97 Å². The molecule has 8 nitrogen and oxygen atoms in total. The number of anilines is 1. The summed E-state index contributed by atoms with van der Waals surface area (Å²) in [4.78, 5) is 25.8. The molecule has 1 heterocycles. The SMILES string of the molecule is COc1cc(/C=C2/SC(=S)N(c3ccc(O)c(C(=O)O)c3)C2=O)cc(OC)c1OC. The Balaban J connectivity index is 2.00. The van der Waals surface area contributed by atoms with E-state index in [-0.39, 0.29) is 15.6 Å². The van der Waals surface area contributed by atoms with Gasteiger partial charge in [-0.15, -0.1) is 0 Å². The first kappa shape index (κ1) is 21.5. The maximum atomic E-state index is 13.0. The first-order valence-electron chi connectivity index (χ1n) is 8.45. The van der Waals surface area contributed by atoms with Crippen LogP contribution in [0.15, 0.2) is 35.2 Å². The van der Waals surface area contributed by atoms with E-state index in [2.05, 4.69) is 0 Å². The van der Waals surface area contributed by atoms with Crippen molar-refractivity contribution in [1.29, 1.82) is 0 Å². The number of nitrogens with zero attached hydrogens (tertiary/aromatic N) is 1. The van der Waals surface area contributed by atoms with Gasteiger partial charge < -0.3 is 24.4 Å². The molecule has 10 heteroatoms. The van der Waals surface area contributed by atoms with Crippen LogP contribution < -0.4 is 19.1 Å². The fraction of sp³-hybridized carbons (Fsp3) is 0.150. The van der Waals surface area contributed by atoms with Crippen LogP contribution in [-0.4, -0.2) is 47.7 Å². The smallest absolute Gasteiger partial charge is 0.339 e. The summed E-state index contributed by atoms with van der Waals surface area (Å²) in [6.07, 6.45) is 1.63. The average molecular weight is 447 g/mol. The predicted octanol–water partition coefficient (Wildman–Crippen LogP) is 3.52. The number of carboxylic acid groups (broad SMARTS) is 1. The number of hydrogen-bond acceptors (Lipinski definition) is 8. The topological polar surface area (TPSA) is 106 Å². The normalized spacial score (nSPS) is 14.9. The van der Waals surface area contributed by atoms with Crippen LogP contribution in [0.3, 0.4) is 0 Å². The number of methoxy groups -OCH3 is 3. The van der Waals surface area contributed by atoms with E-state index >= 15 is 0 Å². The summed E-state index contributed by atoms with van der Waals surface area (Å²) in [7, 11) is 4.48. The Labute approximate surface area is 181 Å². The van der Waals surface area contributed by atoms with Gasteiger partial charge in [-0.05, 0) is 42.0 Å². The number of carboxylic acids is 1. The minimum absolute atomic E-state index is 0.237. The molecule has 2 aromatic rings. The maximum Gasteiger partial charge on any atom is 0.339 e. The molecule has 0 atom stereocenters. The number of aromatic carboxylic acids is 1. The van der Waals surface area contributed by atoms with E-state index < -0.39 is 17.6 Å². The lowest BCUT2D eigenvalue weighted by Gasteiger charge is -2.15. The van der Waals surface area contributed by atoms with Crippen LogP contribution in [-0.2, 0) is 4.79 Å². The van der Waals surface area contributed by atoms with E-state index in [0.29, 0.717) is 27.7 Å². The van der Waals surface area contributed by atoms with Crippen molar-refractivity contribution in [3.8, 4) is 23.0 Å². The highest BCUT2D eigenvalue weighted by Crippen LogP contribution is 2.41. The van der Waals surface area contributed by atoms with Crippen molar-refractivity contribution in [2.75, 3.05) is 26.2 Å². The Morgan fingerprint density at radius 2 is 1.73 bits per heavy atom. The number of thiocarbonyl (C=S) groups is 1. The minimum Gasteiger partial charge on any atom is -0.507 e. The van der Waals surface area contributed by atoms with E-state index in [9.17, 15) is 19.8 Å². The van der Waals surface area contributed by atoms with Gasteiger partial charge in [0.05, 0.1) is 31.9 Å². The highest BCUT2D eigenvalue weighted by atomic mass is 32.2. The molecule has 1 aliphatic heterocycles. The third-order valence-corrected chi connectivity index (χ3v) is 5.55. The molecule has 3 rings (SSSR count). The van der Waals surface area contributed by atoms with Crippen molar-refractivity contribution < 1.29 is 34.0 Å². The highest BCUT2D eigenvalue weighted by molar-refractivity contribution is 8.27. The average Bonchev–Trinajstić information content (AvgIpc) is 3.00. The zero-order chi connectivity index (χ0) is 22.0. The minimum atomic E-state index is -1.31. The largest absolute Gasteiger partial charge is 0.507 e. The van der Waals surface area contributed by atoms with Gasteiger partial charge in [-0.3, -0.25) is 9.69 Å². The third kappa shape index (κ3) is 3.91. The molecular formula is C20H17NO7S2. The zero-order valence-electron chi connectivity index (χ0n) is 16.2. The van der Waals surface area contributed by atoms with E-state index in [0.717, 1.165) is 11.8 Å². The quantitative estimate of drug-likeness (QED) is 0.508. The number of benzene rings is 2. The summed E-state index contributed by atoms with van der Waals surface area (Å²) in [6.45, 7) is 0. The summed E-state index contributed by atoms with van der Waals surface area (Å²) in [5.74, 6) is -0.834. The maximum absolute atomic E-state index is 13.0. The van der Waals surface area contributed by atoms with E-state index in [4.69, 9.17) is 26.4 Å². The number of carbonyl (C=O) groups is 2. The molecule has 0 bridgehead atoms. The van der Waals surface area contributed by atoms with Gasteiger partial charge in [0, 0.05) is 0 Å². The van der Waals surface area contributed by atoms with Gasteiger partial charge in [0.2, 0.25) is 5.75 Å². The van der Waals surface area contributed by atoms with Crippen LogP contribution in [0, 0.1) is 0 Å². The van der Waals surface area contributed by atoms with Crippen molar-refractivity contribution in [3.05, 3.63) is 46.4 Å². The Kier molecular flexibility index (Phi) is 6.18.